The van der Waals surface area contributed by atoms with Crippen molar-refractivity contribution in [2.24, 2.45) is 0 Å². The van der Waals surface area contributed by atoms with E-state index in [0.29, 0.717) is 0 Å². The maximum absolute atomic E-state index is 2.45. The van der Waals surface area contributed by atoms with Crippen molar-refractivity contribution >= 4 is 77.0 Å². The highest BCUT2D eigenvalue weighted by molar-refractivity contribution is 6.24. The van der Waals surface area contributed by atoms with Gasteiger partial charge in [-0.25, -0.2) is 0 Å². The highest BCUT2D eigenvalue weighted by Crippen LogP contribution is 2.51. The molecule has 66 heavy (non-hydrogen) atoms. The van der Waals surface area contributed by atoms with E-state index in [0.717, 1.165) is 22.7 Å². The summed E-state index contributed by atoms with van der Waals surface area (Å²) >= 11 is 0. The Labute approximate surface area is 383 Å². The van der Waals surface area contributed by atoms with Gasteiger partial charge in [-0.05, 0) is 129 Å². The molecule has 0 saturated carbocycles. The van der Waals surface area contributed by atoms with Crippen LogP contribution in [0.1, 0.15) is 25.0 Å². The molecule has 1 aliphatic rings. The first-order valence-electron chi connectivity index (χ1n) is 23.0. The number of fused-ring (bicyclic) bond motifs is 12. The van der Waals surface area contributed by atoms with Crippen LogP contribution in [0.3, 0.4) is 0 Å². The molecule has 0 saturated heterocycles. The second kappa shape index (κ2) is 13.8. The number of hydrogen-bond acceptors (Lipinski definition) is 1. The zero-order chi connectivity index (χ0) is 43.7. The molecule has 0 radical (unpaired) electrons. The molecule has 3 aromatic heterocycles. The summed E-state index contributed by atoms with van der Waals surface area (Å²) in [6, 6.07) is 83.1. The van der Waals surface area contributed by atoms with Gasteiger partial charge in [-0.1, -0.05) is 153 Å². The first-order valence-corrected chi connectivity index (χ1v) is 23.0. The molecule has 14 rings (SSSR count). The minimum absolute atomic E-state index is 0.117. The van der Waals surface area contributed by atoms with E-state index in [4.69, 9.17) is 0 Å². The van der Waals surface area contributed by atoms with Crippen LogP contribution < -0.4 is 4.90 Å². The Morgan fingerprint density at radius 2 is 0.758 bits per heavy atom. The van der Waals surface area contributed by atoms with Crippen molar-refractivity contribution in [1.82, 2.24) is 8.97 Å². The molecule has 0 bridgehead atoms. The fourth-order valence-electron chi connectivity index (χ4n) is 11.5. The van der Waals surface area contributed by atoms with Crippen LogP contribution in [0.2, 0.25) is 0 Å². The minimum Gasteiger partial charge on any atom is -0.310 e. The summed E-state index contributed by atoms with van der Waals surface area (Å²) < 4.78 is 4.83. The lowest BCUT2D eigenvalue weighted by Gasteiger charge is -2.28. The Bertz CT molecular complexity index is 3920. The third-order valence-electron chi connectivity index (χ3n) is 14.7. The van der Waals surface area contributed by atoms with Crippen molar-refractivity contribution in [3.63, 3.8) is 0 Å². The van der Waals surface area contributed by atoms with Gasteiger partial charge < -0.3 is 13.9 Å². The predicted molar refractivity (Wildman–Crippen MR) is 279 cm³/mol. The number of hydrogen-bond donors (Lipinski definition) is 0. The Morgan fingerprint density at radius 3 is 1.32 bits per heavy atom. The lowest BCUT2D eigenvalue weighted by atomic mass is 9.82. The molecule has 0 spiro atoms. The maximum Gasteiger partial charge on any atom is 0.0620 e. The quantitative estimate of drug-likeness (QED) is 0.162. The molecule has 3 nitrogen and oxygen atoms in total. The van der Waals surface area contributed by atoms with Crippen molar-refractivity contribution in [2.45, 2.75) is 19.3 Å². The average molecular weight is 842 g/mol. The average Bonchev–Trinajstić information content (AvgIpc) is 4.07. The van der Waals surface area contributed by atoms with E-state index < -0.39 is 0 Å². The fourth-order valence-corrected chi connectivity index (χ4v) is 11.5. The lowest BCUT2D eigenvalue weighted by molar-refractivity contribution is 0.660. The summed E-state index contributed by atoms with van der Waals surface area (Å²) in [5, 5.41) is 7.71. The monoisotopic (exact) mass is 841 g/mol. The normalized spacial score (nSPS) is 13.1. The largest absolute Gasteiger partial charge is 0.310 e. The van der Waals surface area contributed by atoms with E-state index in [1.54, 1.807) is 0 Å². The first kappa shape index (κ1) is 37.0. The smallest absolute Gasteiger partial charge is 0.0620 e. The Kier molecular flexibility index (Phi) is 7.74. The molecule has 3 heteroatoms. The molecule has 1 aliphatic carbocycles. The van der Waals surface area contributed by atoms with Crippen LogP contribution in [-0.2, 0) is 5.41 Å². The van der Waals surface area contributed by atoms with Gasteiger partial charge in [-0.2, -0.15) is 0 Å². The second-order valence-electron chi connectivity index (χ2n) is 18.5. The van der Waals surface area contributed by atoms with Gasteiger partial charge in [0.2, 0.25) is 0 Å². The number of aromatic nitrogens is 2. The van der Waals surface area contributed by atoms with Gasteiger partial charge in [0.05, 0.1) is 27.6 Å². The topological polar surface area (TPSA) is 12.6 Å². The van der Waals surface area contributed by atoms with E-state index in [9.17, 15) is 0 Å². The van der Waals surface area contributed by atoms with E-state index in [2.05, 4.69) is 252 Å². The molecule has 3 heterocycles. The van der Waals surface area contributed by atoms with Crippen LogP contribution in [0.4, 0.5) is 17.1 Å². The van der Waals surface area contributed by atoms with Gasteiger partial charge in [0, 0.05) is 60.5 Å². The predicted octanol–water partition coefficient (Wildman–Crippen LogP) is 17.0. The van der Waals surface area contributed by atoms with E-state index >= 15 is 0 Å². The molecular weight excluding hydrogens is 799 g/mol. The third-order valence-corrected chi connectivity index (χ3v) is 14.7. The van der Waals surface area contributed by atoms with E-state index in [1.807, 2.05) is 0 Å². The van der Waals surface area contributed by atoms with Gasteiger partial charge in [0.25, 0.3) is 0 Å². The van der Waals surface area contributed by atoms with Gasteiger partial charge in [-0.15, -0.1) is 0 Å². The molecule has 0 N–H and O–H groups in total. The molecule has 13 aromatic rings. The molecule has 0 atom stereocenters. The zero-order valence-electron chi connectivity index (χ0n) is 36.7. The highest BCUT2D eigenvalue weighted by Gasteiger charge is 2.35. The first-order chi connectivity index (χ1) is 32.5. The Hall–Kier alpha value is -8.40. The van der Waals surface area contributed by atoms with Crippen LogP contribution >= 0.6 is 0 Å². The van der Waals surface area contributed by atoms with Crippen molar-refractivity contribution in [3.8, 4) is 39.1 Å². The molecule has 0 fully saturated rings. The van der Waals surface area contributed by atoms with Crippen LogP contribution in [0.15, 0.2) is 224 Å². The van der Waals surface area contributed by atoms with Crippen molar-refractivity contribution in [3.05, 3.63) is 236 Å². The summed E-state index contributed by atoms with van der Waals surface area (Å²) in [5.74, 6) is 0. The van der Waals surface area contributed by atoms with Crippen LogP contribution in [-0.4, -0.2) is 8.97 Å². The van der Waals surface area contributed by atoms with Gasteiger partial charge in [-0.3, -0.25) is 0 Å². The molecule has 0 unspecified atom stereocenters. The number of para-hydroxylation sites is 4. The van der Waals surface area contributed by atoms with Crippen molar-refractivity contribution in [2.75, 3.05) is 4.90 Å². The number of benzene rings is 10. The summed E-state index contributed by atoms with van der Waals surface area (Å²) in [5.41, 5.74) is 20.8. The summed E-state index contributed by atoms with van der Waals surface area (Å²) in [6.45, 7) is 4.72. The number of anilines is 3. The lowest BCUT2D eigenvalue weighted by Crippen LogP contribution is -2.16. The van der Waals surface area contributed by atoms with Crippen LogP contribution in [0, 0.1) is 0 Å². The molecule has 310 valence electrons. The standard InChI is InChI=1S/C63H43N3/c1-63(2)56-18-8-3-13-48(56)49-36-35-47(39-57(49)63)64(44-29-23-40(24-30-44)41-25-33-46(34-26-41)65-58-19-9-4-14-50(58)51-15-5-10-20-59(51)65)45-31-27-42(28-32-45)43-37-54-52-16-6-11-21-60(52)66-61-22-12-7-17-53(61)55(38-43)62(54)66/h3-39H,1-2H3. The van der Waals surface area contributed by atoms with Crippen molar-refractivity contribution in [1.29, 1.82) is 0 Å². The molecule has 10 aromatic carbocycles. The zero-order valence-corrected chi connectivity index (χ0v) is 36.7. The summed E-state index contributed by atoms with van der Waals surface area (Å²) in [4.78, 5) is 2.42. The van der Waals surface area contributed by atoms with Crippen molar-refractivity contribution < 1.29 is 0 Å². The summed E-state index contributed by atoms with van der Waals surface area (Å²) in [6.07, 6.45) is 0. The number of nitrogens with zero attached hydrogens (tertiary/aromatic N) is 3. The van der Waals surface area contributed by atoms with E-state index in [1.165, 1.54) is 104 Å². The van der Waals surface area contributed by atoms with Crippen LogP contribution in [0.25, 0.3) is 99.0 Å². The number of rotatable bonds is 6. The SMILES string of the molecule is CC1(C)c2ccccc2-c2ccc(N(c3ccc(-c4ccc(-n5c6ccccc6c6ccccc65)cc4)cc3)c3ccc(-c4cc5c6ccccc6n6c7ccccc7c(c4)c56)cc3)cc21. The minimum atomic E-state index is -0.117. The molecular formula is C63H43N3. The highest BCUT2D eigenvalue weighted by atomic mass is 15.1. The van der Waals surface area contributed by atoms with Gasteiger partial charge in [0.1, 0.15) is 0 Å². The Morgan fingerprint density at radius 1 is 0.333 bits per heavy atom. The molecule has 0 aliphatic heterocycles. The second-order valence-corrected chi connectivity index (χ2v) is 18.5. The van der Waals surface area contributed by atoms with E-state index in [-0.39, 0.29) is 5.41 Å². The maximum atomic E-state index is 2.45. The van der Waals surface area contributed by atoms with Gasteiger partial charge in [0.15, 0.2) is 0 Å². The fraction of sp³-hybridized carbons (Fsp3) is 0.0476. The van der Waals surface area contributed by atoms with Crippen LogP contribution in [0.5, 0.6) is 0 Å². The van der Waals surface area contributed by atoms with Gasteiger partial charge >= 0.3 is 0 Å². The molecule has 0 amide bonds. The Balaban J connectivity index is 0.863. The third kappa shape index (κ3) is 5.26. The summed E-state index contributed by atoms with van der Waals surface area (Å²) in [7, 11) is 0.